The van der Waals surface area contributed by atoms with Gasteiger partial charge in [0.05, 0.1) is 81.4 Å². The van der Waals surface area contributed by atoms with Crippen LogP contribution in [0.15, 0.2) is 121 Å². The Balaban J connectivity index is 0.000000176. The maximum Gasteiger partial charge on any atom is 0.297 e. The van der Waals surface area contributed by atoms with Crippen molar-refractivity contribution in [2.24, 2.45) is 0 Å². The third-order valence-corrected chi connectivity index (χ3v) is 21.5. The van der Waals surface area contributed by atoms with Crippen LogP contribution in [0.25, 0.3) is 80.6 Å². The van der Waals surface area contributed by atoms with Gasteiger partial charge in [-0.25, -0.2) is 14.5 Å². The Morgan fingerprint density at radius 2 is 0.854 bits per heavy atom. The van der Waals surface area contributed by atoms with Crippen LogP contribution < -0.4 is 33.2 Å². The number of carbonyl (C=O) groups excluding carboxylic acids is 3. The zero-order valence-electron chi connectivity index (χ0n) is 57.2. The highest BCUT2D eigenvalue weighted by molar-refractivity contribution is 7.86. The lowest BCUT2D eigenvalue weighted by Crippen LogP contribution is -2.38. The van der Waals surface area contributed by atoms with Gasteiger partial charge in [-0.3, -0.25) is 33.5 Å². The first-order chi connectivity index (χ1) is 48.2. The maximum absolute atomic E-state index is 12.2. The lowest BCUT2D eigenvalue weighted by atomic mass is 9.91. The predicted molar refractivity (Wildman–Crippen MR) is 416 cm³/mol. The number of pyridine rings is 3. The van der Waals surface area contributed by atoms with Gasteiger partial charge in [0, 0.05) is 138 Å². The van der Waals surface area contributed by atoms with E-state index in [1.54, 1.807) is 69.1 Å². The zero-order valence-corrected chi connectivity index (χ0v) is 60.3. The van der Waals surface area contributed by atoms with Gasteiger partial charge in [-0.2, -0.15) is 8.42 Å². The normalized spacial score (nSPS) is 17.7. The van der Waals surface area contributed by atoms with Gasteiger partial charge in [-0.15, -0.1) is 0 Å². The van der Waals surface area contributed by atoms with Gasteiger partial charge in [-0.05, 0) is 186 Å². The number of nitrogen functional groups attached to an aromatic ring is 3. The minimum absolute atomic E-state index is 0. The summed E-state index contributed by atoms with van der Waals surface area (Å²) in [6.07, 6.45) is 26.0. The van der Waals surface area contributed by atoms with E-state index in [-0.39, 0.29) is 61.7 Å². The number of aromatic amines is 1. The Morgan fingerprint density at radius 1 is 0.505 bits per heavy atom. The predicted octanol–water partition coefficient (Wildman–Crippen LogP) is 18.6. The monoisotopic (exact) mass is 1470 g/mol. The summed E-state index contributed by atoms with van der Waals surface area (Å²) < 4.78 is 34.3. The van der Waals surface area contributed by atoms with Crippen LogP contribution in [0.1, 0.15) is 147 Å². The minimum Gasteiger partial charge on any atom is -0.396 e. The van der Waals surface area contributed by atoms with E-state index in [1.807, 2.05) is 58.2 Å². The van der Waals surface area contributed by atoms with Gasteiger partial charge in [-0.1, -0.05) is 67.4 Å². The average molecular weight is 1470 g/mol. The molecule has 0 aliphatic heterocycles. The van der Waals surface area contributed by atoms with Crippen LogP contribution in [0.4, 0.5) is 34.1 Å². The number of fused-ring (bicyclic) bond motifs is 3. The van der Waals surface area contributed by atoms with E-state index in [0.29, 0.717) is 74.1 Å². The third kappa shape index (κ3) is 18.3. The minimum atomic E-state index is -3.70. The number of halogens is 3. The molecule has 10 N–H and O–H groups in total. The number of aryl methyl sites for hydroxylation is 4. The van der Waals surface area contributed by atoms with Crippen LogP contribution in [0.3, 0.4) is 0 Å². The molecule has 0 bridgehead atoms. The van der Waals surface area contributed by atoms with Crippen molar-refractivity contribution < 1.29 is 27.0 Å². The van der Waals surface area contributed by atoms with E-state index in [9.17, 15) is 22.8 Å². The van der Waals surface area contributed by atoms with Crippen LogP contribution in [-0.2, 0) is 28.7 Å². The number of hydrogen-bond donors (Lipinski definition) is 7. The molecule has 0 spiro atoms. The molecule has 0 saturated heterocycles. The Hall–Kier alpha value is -9.99. The van der Waals surface area contributed by atoms with Crippen LogP contribution in [0, 0.1) is 47.4 Å². The highest BCUT2D eigenvalue weighted by Gasteiger charge is 2.30. The molecule has 0 unspecified atom stereocenters. The van der Waals surface area contributed by atoms with Crippen LogP contribution in [0.2, 0.25) is 15.1 Å². The topological polar surface area (TPSA) is 286 Å². The SMILES string of the molecule is C.C.CC(=O)NC1CCC(OS(=O)(=O)c2ccc(C)cc2)CC1.[C-]#[N+]c1cc2c(-c3cncc(N)c3Cl)c[nH]c2cc1C.[C-]#[N+]c1cc2c(-c3cncc(N)c3Cl)cn(C3CCC(NC(C)=O)CC3)c2cc1C.[C-]#[N+]c1cc2c(-c3cncc(N)c3Cl)cn(C3CCC(NC(C)=O)CC3)c2cc1C. The van der Waals surface area contributed by atoms with Gasteiger partial charge >= 0.3 is 0 Å². The van der Waals surface area contributed by atoms with Gasteiger partial charge in [0.15, 0.2) is 17.1 Å². The molecule has 103 heavy (non-hydrogen) atoms. The molecule has 0 radical (unpaired) electrons. The smallest absolute Gasteiger partial charge is 0.297 e. The first-order valence-electron chi connectivity index (χ1n) is 33.3. The second kappa shape index (κ2) is 34.3. The molecule has 3 saturated carbocycles. The molecule has 21 nitrogen and oxygen atoms in total. The van der Waals surface area contributed by atoms with Crippen LogP contribution in [-0.4, -0.2) is 79.4 Å². The van der Waals surface area contributed by atoms with E-state index < -0.39 is 10.1 Å². The molecule has 6 heterocycles. The van der Waals surface area contributed by atoms with Crippen molar-refractivity contribution >= 4 is 129 Å². The molecule has 3 aliphatic rings. The Morgan fingerprint density at radius 3 is 1.22 bits per heavy atom. The quantitative estimate of drug-likeness (QED) is 0.0470. The number of H-pyrrole nitrogens is 1. The molecule has 10 aromatic rings. The fourth-order valence-corrected chi connectivity index (χ4v) is 15.4. The summed E-state index contributed by atoms with van der Waals surface area (Å²) in [6, 6.07) is 19.7. The summed E-state index contributed by atoms with van der Waals surface area (Å²) in [4.78, 5) is 60.6. The summed E-state index contributed by atoms with van der Waals surface area (Å²) in [5.74, 6) is 0.00292. The van der Waals surface area contributed by atoms with E-state index in [4.69, 9.17) is 75.9 Å². The van der Waals surface area contributed by atoms with Crippen molar-refractivity contribution in [1.29, 1.82) is 0 Å². The summed E-state index contributed by atoms with van der Waals surface area (Å²) >= 11 is 19.3. The molecule has 3 aliphatic carbocycles. The number of carbonyl (C=O) groups is 3. The molecular formula is C78H88Cl3N15O6S. The fraction of sp³-hybridized carbons (Fsp3) is 0.346. The molecule has 3 fully saturated rings. The van der Waals surface area contributed by atoms with E-state index >= 15 is 0 Å². The Labute approximate surface area is 617 Å². The first kappa shape index (κ1) is 78.7. The molecule has 25 heteroatoms. The third-order valence-electron chi connectivity index (χ3n) is 18.9. The molecule has 3 amide bonds. The summed E-state index contributed by atoms with van der Waals surface area (Å²) in [5.41, 5.74) is 33.0. The second-order valence-corrected chi connectivity index (χ2v) is 28.9. The molecule has 13 rings (SSSR count). The van der Waals surface area contributed by atoms with Crippen molar-refractivity contribution in [3.63, 3.8) is 0 Å². The Kier molecular flexibility index (Phi) is 26.2. The number of anilines is 3. The average Bonchev–Trinajstić information content (AvgIpc) is 1.62. The summed E-state index contributed by atoms with van der Waals surface area (Å²) in [5, 5.41) is 13.3. The van der Waals surface area contributed by atoms with Crippen LogP contribution in [0.5, 0.6) is 0 Å². The zero-order chi connectivity index (χ0) is 72.6. The Bertz CT molecular complexity index is 4840. The number of nitrogens with two attached hydrogens (primary N) is 3. The molecule has 4 aromatic carbocycles. The summed E-state index contributed by atoms with van der Waals surface area (Å²) in [6.45, 7) is 34.6. The molecule has 538 valence electrons. The highest BCUT2D eigenvalue weighted by Crippen LogP contribution is 2.45. The first-order valence-corrected chi connectivity index (χ1v) is 35.8. The standard InChI is InChI=1S/2C23H24ClN5O.C15H11ClN4.C15H21NO4S.2CH4/c2*1-13-8-22-17(9-21(13)26-3)19(18-10-27-11-20(25)23(18)24)12-29(22)16-6-4-15(5-7-16)28-14(2)30;1-8-3-14-9(4-13(8)18-2)10(6-20-14)11-5-19-7-12(17)15(11)16;1-11-3-9-15(10-4-11)21(18,19)20-14-7-5-13(6-8-14)16-12(2)17;;/h2*8-12,15-16H,4-7,25H2,1-2H3,(H,28,30);3-7,20H,17H2,1H3;3-4,9-10,13-14H,5-8H2,1-2H3,(H,16,17);2*1H4. The van der Waals surface area contributed by atoms with Crippen molar-refractivity contribution in [3.8, 4) is 33.4 Å². The number of nitrogens with one attached hydrogen (secondary N) is 4. The number of nitrogens with zero attached hydrogens (tertiary/aromatic N) is 8. The fourth-order valence-electron chi connectivity index (χ4n) is 13.7. The molecular weight excluding hydrogens is 1380 g/mol. The second-order valence-electron chi connectivity index (χ2n) is 26.2. The summed E-state index contributed by atoms with van der Waals surface area (Å²) in [7, 11) is -3.70. The van der Waals surface area contributed by atoms with Gasteiger partial charge in [0.25, 0.3) is 10.1 Å². The number of aromatic nitrogens is 6. The lowest BCUT2D eigenvalue weighted by Gasteiger charge is -2.30. The van der Waals surface area contributed by atoms with Crippen molar-refractivity contribution in [2.75, 3.05) is 17.2 Å². The largest absolute Gasteiger partial charge is 0.396 e. The van der Waals surface area contributed by atoms with Gasteiger partial charge < -0.3 is 47.3 Å². The van der Waals surface area contributed by atoms with Crippen molar-refractivity contribution in [3.05, 3.63) is 188 Å². The van der Waals surface area contributed by atoms with E-state index in [0.717, 1.165) is 153 Å². The van der Waals surface area contributed by atoms with Gasteiger partial charge in [0.1, 0.15) is 0 Å². The number of hydrogen-bond acceptors (Lipinski definition) is 12. The van der Waals surface area contributed by atoms with Gasteiger partial charge in [0.2, 0.25) is 17.7 Å². The van der Waals surface area contributed by atoms with Crippen LogP contribution >= 0.6 is 34.8 Å². The van der Waals surface area contributed by atoms with E-state index in [2.05, 4.69) is 84.1 Å². The number of rotatable bonds is 11. The highest BCUT2D eigenvalue weighted by atomic mass is 35.5. The number of amides is 3. The lowest BCUT2D eigenvalue weighted by molar-refractivity contribution is -0.120. The number of benzene rings is 4. The molecule has 6 aromatic heterocycles. The van der Waals surface area contributed by atoms with Crippen molar-refractivity contribution in [2.45, 2.75) is 182 Å². The van der Waals surface area contributed by atoms with E-state index in [1.165, 1.54) is 13.1 Å². The maximum atomic E-state index is 12.2. The molecule has 0 atom stereocenters. The van der Waals surface area contributed by atoms with Crippen molar-refractivity contribution in [1.82, 2.24) is 45.0 Å².